The third-order valence-corrected chi connectivity index (χ3v) is 6.21. The van der Waals surface area contributed by atoms with Gasteiger partial charge in [0.05, 0.1) is 6.10 Å². The highest BCUT2D eigenvalue weighted by Gasteiger charge is 2.20. The van der Waals surface area contributed by atoms with Crippen LogP contribution in [0.5, 0.6) is 0 Å². The molecule has 0 radical (unpaired) electrons. The molecule has 3 unspecified atom stereocenters. The second kappa shape index (κ2) is 12.7. The summed E-state index contributed by atoms with van der Waals surface area (Å²) in [6.07, 6.45) is 5.37. The zero-order valence-corrected chi connectivity index (χ0v) is 20.0. The molecule has 0 spiro atoms. The lowest BCUT2D eigenvalue weighted by Gasteiger charge is -2.16. The van der Waals surface area contributed by atoms with Crippen LogP contribution in [0.15, 0.2) is 36.4 Å². The quantitative estimate of drug-likeness (QED) is 0.476. The molecule has 1 heterocycles. The van der Waals surface area contributed by atoms with Gasteiger partial charge in [0.1, 0.15) is 11.6 Å². The van der Waals surface area contributed by atoms with Crippen molar-refractivity contribution >= 4 is 5.91 Å². The Kier molecular flexibility index (Phi) is 10.3. The van der Waals surface area contributed by atoms with Crippen LogP contribution in [0.2, 0.25) is 0 Å². The SMILES string of the molecule is CCC(C)c1ccc(C(=O)NC)cc1F.CCCC(C)c1cc(C2CCCO2)ccc1F.[HH]. The lowest BCUT2D eigenvalue weighted by Crippen LogP contribution is -2.18. The minimum absolute atomic E-state index is 0. The molecule has 32 heavy (non-hydrogen) atoms. The van der Waals surface area contributed by atoms with E-state index in [2.05, 4.69) is 19.2 Å². The van der Waals surface area contributed by atoms with E-state index in [0.717, 1.165) is 49.8 Å². The molecule has 1 aliphatic rings. The molecule has 2 aromatic carbocycles. The van der Waals surface area contributed by atoms with Gasteiger partial charge in [0.2, 0.25) is 0 Å². The van der Waals surface area contributed by atoms with Crippen LogP contribution in [-0.2, 0) is 4.74 Å². The summed E-state index contributed by atoms with van der Waals surface area (Å²) in [5.74, 6) is -0.159. The standard InChI is InChI=1S/C15H21FO.C12H16FNO.H2/c1-3-5-11(2)13-10-12(7-8-14(13)16)15-6-4-9-17-15;1-4-8(2)10-6-5-9(7-11(10)13)12(15)14-3;/h7-8,10-11,15H,3-6,9H2,1-2H3;5-8H,4H2,1-3H3,(H,14,15);1H. The van der Waals surface area contributed by atoms with Crippen LogP contribution >= 0.6 is 0 Å². The summed E-state index contributed by atoms with van der Waals surface area (Å²) in [6, 6.07) is 10.1. The smallest absolute Gasteiger partial charge is 0.251 e. The minimum atomic E-state index is -0.301. The molecule has 1 amide bonds. The normalized spacial score (nSPS) is 17.3. The summed E-state index contributed by atoms with van der Waals surface area (Å²) in [6.45, 7) is 9.05. The Hall–Kier alpha value is -2.27. The Balaban J connectivity index is 0.000000323. The largest absolute Gasteiger partial charge is 0.374 e. The van der Waals surface area contributed by atoms with E-state index in [4.69, 9.17) is 4.74 Å². The summed E-state index contributed by atoms with van der Waals surface area (Å²) in [4.78, 5) is 11.2. The highest BCUT2D eigenvalue weighted by Crippen LogP contribution is 2.32. The molecular formula is C27H39F2NO2. The van der Waals surface area contributed by atoms with Gasteiger partial charge in [-0.05, 0) is 72.4 Å². The Morgan fingerprint density at radius 1 is 1.09 bits per heavy atom. The van der Waals surface area contributed by atoms with Crippen LogP contribution in [0, 0.1) is 11.6 Å². The van der Waals surface area contributed by atoms with Crippen LogP contribution in [0.4, 0.5) is 8.78 Å². The zero-order valence-electron chi connectivity index (χ0n) is 20.0. The number of ether oxygens (including phenoxy) is 1. The fourth-order valence-electron chi connectivity index (χ4n) is 4.00. The maximum atomic E-state index is 13.8. The lowest BCUT2D eigenvalue weighted by molar-refractivity contribution is 0.0962. The fraction of sp³-hybridized carbons (Fsp3) is 0.519. The van der Waals surface area contributed by atoms with E-state index in [0.29, 0.717) is 17.0 Å². The third kappa shape index (κ3) is 6.86. The molecule has 0 saturated carbocycles. The molecular weight excluding hydrogens is 408 g/mol. The van der Waals surface area contributed by atoms with E-state index in [1.165, 1.54) is 13.1 Å². The molecule has 0 aromatic heterocycles. The summed E-state index contributed by atoms with van der Waals surface area (Å²) >= 11 is 0. The average Bonchev–Trinajstić information content (AvgIpc) is 3.34. The van der Waals surface area contributed by atoms with Crippen LogP contribution in [-0.4, -0.2) is 19.6 Å². The van der Waals surface area contributed by atoms with E-state index < -0.39 is 0 Å². The molecule has 0 aliphatic carbocycles. The molecule has 3 nitrogen and oxygen atoms in total. The Morgan fingerprint density at radius 2 is 1.84 bits per heavy atom. The molecule has 1 fully saturated rings. The van der Waals surface area contributed by atoms with Crippen molar-refractivity contribution in [3.8, 4) is 0 Å². The fourth-order valence-corrected chi connectivity index (χ4v) is 4.00. The van der Waals surface area contributed by atoms with Gasteiger partial charge in [0.25, 0.3) is 5.91 Å². The van der Waals surface area contributed by atoms with E-state index in [-0.39, 0.29) is 31.0 Å². The van der Waals surface area contributed by atoms with Crippen molar-refractivity contribution in [2.75, 3.05) is 13.7 Å². The van der Waals surface area contributed by atoms with Gasteiger partial charge < -0.3 is 10.1 Å². The maximum Gasteiger partial charge on any atom is 0.251 e. The van der Waals surface area contributed by atoms with Crippen LogP contribution in [0.3, 0.4) is 0 Å². The van der Waals surface area contributed by atoms with Gasteiger partial charge >= 0.3 is 0 Å². The number of hydrogen-bond donors (Lipinski definition) is 1. The van der Waals surface area contributed by atoms with Crippen LogP contribution in [0.1, 0.15) is 106 Å². The predicted molar refractivity (Wildman–Crippen MR) is 128 cm³/mol. The van der Waals surface area contributed by atoms with Crippen molar-refractivity contribution < 1.29 is 19.7 Å². The van der Waals surface area contributed by atoms with E-state index in [1.807, 2.05) is 26.0 Å². The van der Waals surface area contributed by atoms with Gasteiger partial charge in [-0.25, -0.2) is 8.78 Å². The highest BCUT2D eigenvalue weighted by atomic mass is 19.1. The molecule has 3 atom stereocenters. The molecule has 0 bridgehead atoms. The van der Waals surface area contributed by atoms with E-state index in [9.17, 15) is 13.6 Å². The first-order valence-corrected chi connectivity index (χ1v) is 11.7. The first kappa shape index (κ1) is 26.0. The van der Waals surface area contributed by atoms with E-state index in [1.54, 1.807) is 18.2 Å². The number of carbonyl (C=O) groups excluding carboxylic acids is 1. The summed E-state index contributed by atoms with van der Waals surface area (Å²) in [7, 11) is 1.53. The zero-order chi connectivity index (χ0) is 23.7. The van der Waals surface area contributed by atoms with Crippen molar-refractivity contribution in [2.45, 2.75) is 77.7 Å². The van der Waals surface area contributed by atoms with Crippen molar-refractivity contribution in [3.63, 3.8) is 0 Å². The van der Waals surface area contributed by atoms with Gasteiger partial charge in [-0.2, -0.15) is 0 Å². The Labute approximate surface area is 193 Å². The van der Waals surface area contributed by atoms with Crippen LogP contribution in [0.25, 0.3) is 0 Å². The van der Waals surface area contributed by atoms with Gasteiger partial charge in [-0.15, -0.1) is 0 Å². The van der Waals surface area contributed by atoms with Gasteiger partial charge in [0, 0.05) is 20.6 Å². The second-order valence-electron chi connectivity index (χ2n) is 8.60. The summed E-state index contributed by atoms with van der Waals surface area (Å²) in [5.41, 5.74) is 3.02. The monoisotopic (exact) mass is 447 g/mol. The predicted octanol–water partition coefficient (Wildman–Crippen LogP) is 7.53. The first-order chi connectivity index (χ1) is 15.3. The maximum absolute atomic E-state index is 13.8. The molecule has 1 aliphatic heterocycles. The molecule has 2 aromatic rings. The number of amides is 1. The topological polar surface area (TPSA) is 38.3 Å². The number of nitrogens with one attached hydrogen (secondary N) is 1. The average molecular weight is 448 g/mol. The second-order valence-corrected chi connectivity index (χ2v) is 8.60. The van der Waals surface area contributed by atoms with Gasteiger partial charge in [0.15, 0.2) is 0 Å². The number of benzene rings is 2. The lowest BCUT2D eigenvalue weighted by atomic mass is 9.93. The minimum Gasteiger partial charge on any atom is -0.374 e. The van der Waals surface area contributed by atoms with Crippen molar-refractivity contribution in [1.29, 1.82) is 0 Å². The van der Waals surface area contributed by atoms with Gasteiger partial charge in [-0.3, -0.25) is 4.79 Å². The molecule has 1 saturated heterocycles. The summed E-state index contributed by atoms with van der Waals surface area (Å²) < 4.78 is 33.0. The van der Waals surface area contributed by atoms with Crippen LogP contribution < -0.4 is 5.32 Å². The first-order valence-electron chi connectivity index (χ1n) is 11.7. The molecule has 178 valence electrons. The molecule has 5 heteroatoms. The molecule has 3 rings (SSSR count). The number of halogens is 2. The highest BCUT2D eigenvalue weighted by molar-refractivity contribution is 5.94. The molecule has 1 N–H and O–H groups in total. The Bertz CT molecular complexity index is 884. The number of carbonyl (C=O) groups is 1. The number of hydrogen-bond acceptors (Lipinski definition) is 2. The van der Waals surface area contributed by atoms with Crippen molar-refractivity contribution in [3.05, 3.63) is 70.3 Å². The number of rotatable bonds is 7. The van der Waals surface area contributed by atoms with E-state index >= 15 is 0 Å². The van der Waals surface area contributed by atoms with Gasteiger partial charge in [-0.1, -0.05) is 52.3 Å². The summed E-state index contributed by atoms with van der Waals surface area (Å²) in [5, 5.41) is 2.47. The third-order valence-electron chi connectivity index (χ3n) is 6.21. The van der Waals surface area contributed by atoms with Crippen molar-refractivity contribution in [1.82, 2.24) is 5.32 Å². The Morgan fingerprint density at radius 3 is 2.41 bits per heavy atom. The van der Waals surface area contributed by atoms with Crippen molar-refractivity contribution in [2.24, 2.45) is 0 Å².